The lowest BCUT2D eigenvalue weighted by molar-refractivity contribution is -0.139. The van der Waals surface area contributed by atoms with Gasteiger partial charge in [-0.2, -0.15) is 0 Å². The van der Waals surface area contributed by atoms with Crippen LogP contribution in [0.25, 0.3) is 0 Å². The molecule has 0 fully saturated rings. The number of esters is 1. The SMILES string of the molecule is COC(=O)CNC(=O)c1cccc(NC(=O)c2cccc(NC(=O)CCCc3cccs3)c2)c1. The maximum atomic E-state index is 12.7. The molecule has 9 heteroatoms. The van der Waals surface area contributed by atoms with Crippen LogP contribution in [0.4, 0.5) is 11.4 Å². The van der Waals surface area contributed by atoms with E-state index in [9.17, 15) is 19.2 Å². The van der Waals surface area contributed by atoms with Crippen LogP contribution in [-0.2, 0) is 20.7 Å². The van der Waals surface area contributed by atoms with E-state index >= 15 is 0 Å². The summed E-state index contributed by atoms with van der Waals surface area (Å²) in [5.41, 5.74) is 1.59. The van der Waals surface area contributed by atoms with Gasteiger partial charge in [-0.3, -0.25) is 19.2 Å². The molecule has 1 heterocycles. The Balaban J connectivity index is 1.55. The van der Waals surface area contributed by atoms with Gasteiger partial charge in [0, 0.05) is 33.8 Å². The minimum absolute atomic E-state index is 0.111. The Morgan fingerprint density at radius 3 is 2.18 bits per heavy atom. The van der Waals surface area contributed by atoms with Crippen LogP contribution >= 0.6 is 11.3 Å². The fraction of sp³-hybridized carbons (Fsp3) is 0.200. The van der Waals surface area contributed by atoms with Crippen LogP contribution in [0.1, 0.15) is 38.4 Å². The van der Waals surface area contributed by atoms with Crippen molar-refractivity contribution in [2.45, 2.75) is 19.3 Å². The molecular weight excluding hydrogens is 454 g/mol. The number of carbonyl (C=O) groups is 4. The number of amides is 3. The third kappa shape index (κ3) is 7.56. The highest BCUT2D eigenvalue weighted by molar-refractivity contribution is 7.09. The van der Waals surface area contributed by atoms with Gasteiger partial charge in [0.25, 0.3) is 11.8 Å². The van der Waals surface area contributed by atoms with Gasteiger partial charge in [-0.05, 0) is 60.7 Å². The number of benzene rings is 2. The minimum atomic E-state index is -0.563. The van der Waals surface area contributed by atoms with E-state index in [0.717, 1.165) is 12.8 Å². The first-order chi connectivity index (χ1) is 16.4. The molecule has 0 saturated heterocycles. The fourth-order valence-electron chi connectivity index (χ4n) is 3.11. The van der Waals surface area contributed by atoms with Crippen LogP contribution in [0.15, 0.2) is 66.0 Å². The number of hydrogen-bond acceptors (Lipinski definition) is 6. The third-order valence-electron chi connectivity index (χ3n) is 4.82. The molecule has 0 unspecified atom stereocenters. The van der Waals surface area contributed by atoms with Crippen molar-refractivity contribution in [1.29, 1.82) is 0 Å². The van der Waals surface area contributed by atoms with Gasteiger partial charge in [0.05, 0.1) is 7.11 Å². The van der Waals surface area contributed by atoms with E-state index in [-0.39, 0.29) is 23.9 Å². The summed E-state index contributed by atoms with van der Waals surface area (Å²) in [5.74, 6) is -1.53. The first-order valence-electron chi connectivity index (χ1n) is 10.6. The highest BCUT2D eigenvalue weighted by Gasteiger charge is 2.12. The number of ether oxygens (including phenoxy) is 1. The summed E-state index contributed by atoms with van der Waals surface area (Å²) in [6.45, 7) is -0.252. The third-order valence-corrected chi connectivity index (χ3v) is 5.76. The zero-order valence-corrected chi connectivity index (χ0v) is 19.4. The molecule has 0 aliphatic heterocycles. The number of nitrogens with one attached hydrogen (secondary N) is 3. The normalized spacial score (nSPS) is 10.3. The van der Waals surface area contributed by atoms with E-state index in [4.69, 9.17) is 0 Å². The molecule has 0 spiro atoms. The lowest BCUT2D eigenvalue weighted by atomic mass is 10.1. The van der Waals surface area contributed by atoms with Crippen LogP contribution in [0.2, 0.25) is 0 Å². The predicted octanol–water partition coefficient (Wildman–Crippen LogP) is 3.86. The highest BCUT2D eigenvalue weighted by atomic mass is 32.1. The van der Waals surface area contributed by atoms with Gasteiger partial charge in [-0.15, -0.1) is 11.3 Å². The number of anilines is 2. The maximum Gasteiger partial charge on any atom is 0.325 e. The van der Waals surface area contributed by atoms with Crippen molar-refractivity contribution in [3.63, 3.8) is 0 Å². The Labute approximate surface area is 201 Å². The quantitative estimate of drug-likeness (QED) is 0.382. The van der Waals surface area contributed by atoms with Gasteiger partial charge < -0.3 is 20.7 Å². The molecule has 0 atom stereocenters. The van der Waals surface area contributed by atoms with E-state index < -0.39 is 11.9 Å². The average Bonchev–Trinajstić information content (AvgIpc) is 3.36. The largest absolute Gasteiger partial charge is 0.468 e. The Hall–Kier alpha value is -3.98. The summed E-state index contributed by atoms with van der Waals surface area (Å²) in [5, 5.41) is 10.0. The van der Waals surface area contributed by atoms with E-state index in [0.29, 0.717) is 23.4 Å². The Kier molecular flexibility index (Phi) is 8.93. The van der Waals surface area contributed by atoms with Gasteiger partial charge in [0.1, 0.15) is 6.54 Å². The van der Waals surface area contributed by atoms with E-state index in [2.05, 4.69) is 26.8 Å². The average molecular weight is 480 g/mol. The van der Waals surface area contributed by atoms with Crippen LogP contribution in [0, 0.1) is 0 Å². The molecule has 3 rings (SSSR count). The molecule has 2 aromatic carbocycles. The van der Waals surface area contributed by atoms with Gasteiger partial charge in [0.15, 0.2) is 0 Å². The first-order valence-corrected chi connectivity index (χ1v) is 11.5. The van der Waals surface area contributed by atoms with Crippen molar-refractivity contribution in [3.8, 4) is 0 Å². The first kappa shape index (κ1) is 24.7. The zero-order valence-electron chi connectivity index (χ0n) is 18.6. The minimum Gasteiger partial charge on any atom is -0.468 e. The van der Waals surface area contributed by atoms with E-state index in [1.807, 2.05) is 11.4 Å². The molecule has 0 radical (unpaired) electrons. The standard InChI is InChI=1S/C25H25N3O5S/c1-33-23(30)16-26-24(31)17-6-2-9-20(14-17)28-25(32)18-7-3-8-19(15-18)27-22(29)12-4-10-21-11-5-13-34-21/h2-3,5-9,11,13-15H,4,10,12,16H2,1H3,(H,26,31)(H,27,29)(H,28,32). The molecule has 0 aliphatic carbocycles. The lowest BCUT2D eigenvalue weighted by Gasteiger charge is -2.10. The second-order valence-electron chi connectivity index (χ2n) is 7.36. The van der Waals surface area contributed by atoms with Crippen molar-refractivity contribution in [1.82, 2.24) is 5.32 Å². The van der Waals surface area contributed by atoms with Gasteiger partial charge >= 0.3 is 5.97 Å². The number of rotatable bonds is 10. The second-order valence-corrected chi connectivity index (χ2v) is 8.39. The van der Waals surface area contributed by atoms with Gasteiger partial charge in [0.2, 0.25) is 5.91 Å². The van der Waals surface area contributed by atoms with Crippen molar-refractivity contribution in [2.24, 2.45) is 0 Å². The van der Waals surface area contributed by atoms with Gasteiger partial charge in [-0.1, -0.05) is 18.2 Å². The number of hydrogen-bond donors (Lipinski definition) is 3. The monoisotopic (exact) mass is 479 g/mol. The fourth-order valence-corrected chi connectivity index (χ4v) is 3.86. The van der Waals surface area contributed by atoms with Crippen molar-refractivity contribution in [3.05, 3.63) is 82.0 Å². The van der Waals surface area contributed by atoms with Crippen molar-refractivity contribution < 1.29 is 23.9 Å². The molecule has 8 nitrogen and oxygen atoms in total. The van der Waals surface area contributed by atoms with E-state index in [1.54, 1.807) is 53.8 Å². The molecule has 3 N–H and O–H groups in total. The topological polar surface area (TPSA) is 114 Å². The molecule has 0 saturated carbocycles. The smallest absolute Gasteiger partial charge is 0.325 e. The molecule has 176 valence electrons. The molecule has 3 amide bonds. The second kappa shape index (κ2) is 12.3. The summed E-state index contributed by atoms with van der Waals surface area (Å²) in [4.78, 5) is 49.6. The van der Waals surface area contributed by atoms with Gasteiger partial charge in [-0.25, -0.2) is 0 Å². The van der Waals surface area contributed by atoms with Crippen LogP contribution in [0.3, 0.4) is 0 Å². The Morgan fingerprint density at radius 2 is 1.53 bits per heavy atom. The van der Waals surface area contributed by atoms with Crippen LogP contribution < -0.4 is 16.0 Å². The summed E-state index contributed by atoms with van der Waals surface area (Å²) in [6.07, 6.45) is 1.99. The Bertz CT molecular complexity index is 1160. The molecular formula is C25H25N3O5S. The van der Waals surface area contributed by atoms with Crippen molar-refractivity contribution >= 4 is 46.4 Å². The maximum absolute atomic E-state index is 12.7. The Morgan fingerprint density at radius 1 is 0.853 bits per heavy atom. The predicted molar refractivity (Wildman–Crippen MR) is 131 cm³/mol. The van der Waals surface area contributed by atoms with Crippen molar-refractivity contribution in [2.75, 3.05) is 24.3 Å². The molecule has 3 aromatic rings. The van der Waals surface area contributed by atoms with Crippen LogP contribution in [-0.4, -0.2) is 37.3 Å². The molecule has 0 aliphatic rings. The zero-order chi connectivity index (χ0) is 24.3. The summed E-state index contributed by atoms with van der Waals surface area (Å²) < 4.78 is 4.49. The summed E-state index contributed by atoms with van der Waals surface area (Å²) in [7, 11) is 1.23. The van der Waals surface area contributed by atoms with E-state index in [1.165, 1.54) is 18.1 Å². The number of methoxy groups -OCH3 is 1. The molecule has 34 heavy (non-hydrogen) atoms. The highest BCUT2D eigenvalue weighted by Crippen LogP contribution is 2.16. The molecule has 0 bridgehead atoms. The number of carbonyl (C=O) groups excluding carboxylic acids is 4. The lowest BCUT2D eigenvalue weighted by Crippen LogP contribution is -2.30. The summed E-state index contributed by atoms with van der Waals surface area (Å²) >= 11 is 1.67. The number of aryl methyl sites for hydroxylation is 1. The summed E-state index contributed by atoms with van der Waals surface area (Å²) in [6, 6.07) is 17.0. The number of thiophene rings is 1. The molecule has 1 aromatic heterocycles. The van der Waals surface area contributed by atoms with Crippen LogP contribution in [0.5, 0.6) is 0 Å².